The first kappa shape index (κ1) is 14.3. The highest BCUT2D eigenvalue weighted by Crippen LogP contribution is 2.12. The van der Waals surface area contributed by atoms with Crippen molar-refractivity contribution in [2.45, 2.75) is 12.7 Å². The average molecular weight is 261 g/mol. The van der Waals surface area contributed by atoms with Gasteiger partial charge in [-0.15, -0.1) is 0 Å². The van der Waals surface area contributed by atoms with Crippen LogP contribution in [0.1, 0.15) is 5.56 Å². The fourth-order valence-electron chi connectivity index (χ4n) is 1.17. The van der Waals surface area contributed by atoms with E-state index in [9.17, 15) is 18.0 Å². The van der Waals surface area contributed by atoms with Crippen molar-refractivity contribution in [3.63, 3.8) is 0 Å². The number of carbonyl (C=O) groups excluding carboxylic acids is 1. The van der Waals surface area contributed by atoms with Crippen LogP contribution in [0.25, 0.3) is 0 Å². The van der Waals surface area contributed by atoms with E-state index >= 15 is 0 Å². The fraction of sp³-hybridized carbons (Fsp3) is 0.364. The van der Waals surface area contributed by atoms with Crippen molar-refractivity contribution in [1.29, 1.82) is 0 Å². The quantitative estimate of drug-likeness (QED) is 0.813. The maximum Gasteiger partial charge on any atom is 0.405 e. The summed E-state index contributed by atoms with van der Waals surface area (Å²) < 4.78 is 35.6. The molecule has 0 aliphatic rings. The molecule has 1 aromatic carbocycles. The zero-order valence-corrected chi connectivity index (χ0v) is 9.79. The molecule has 0 saturated carbocycles. The molecule has 0 saturated heterocycles. The maximum absolute atomic E-state index is 11.9. The third-order valence-electron chi connectivity index (χ3n) is 2.11. The van der Waals surface area contributed by atoms with Crippen LogP contribution in [0, 0.1) is 0 Å². The van der Waals surface area contributed by atoms with Gasteiger partial charge in [-0.3, -0.25) is 5.01 Å². The van der Waals surface area contributed by atoms with E-state index in [1.165, 1.54) is 7.05 Å². The highest BCUT2D eigenvalue weighted by molar-refractivity contribution is 5.73. The number of hydrogen-bond acceptors (Lipinski definition) is 2. The third-order valence-corrected chi connectivity index (χ3v) is 2.11. The van der Waals surface area contributed by atoms with Gasteiger partial charge >= 0.3 is 12.2 Å². The van der Waals surface area contributed by atoms with Crippen LogP contribution >= 0.6 is 0 Å². The van der Waals surface area contributed by atoms with Crippen LogP contribution in [0.4, 0.5) is 18.0 Å². The van der Waals surface area contributed by atoms with E-state index in [4.69, 9.17) is 0 Å². The van der Waals surface area contributed by atoms with Crippen molar-refractivity contribution in [1.82, 2.24) is 15.8 Å². The van der Waals surface area contributed by atoms with Crippen molar-refractivity contribution in [3.05, 3.63) is 35.9 Å². The summed E-state index contributed by atoms with van der Waals surface area (Å²) >= 11 is 0. The van der Waals surface area contributed by atoms with Gasteiger partial charge in [0.05, 0.1) is 0 Å². The number of urea groups is 1. The van der Waals surface area contributed by atoms with Crippen molar-refractivity contribution in [2.24, 2.45) is 0 Å². The van der Waals surface area contributed by atoms with Crippen molar-refractivity contribution in [2.75, 3.05) is 13.6 Å². The lowest BCUT2D eigenvalue weighted by molar-refractivity contribution is -0.123. The van der Waals surface area contributed by atoms with E-state index in [1.54, 1.807) is 5.32 Å². The number of nitrogens with zero attached hydrogens (tertiary/aromatic N) is 1. The molecule has 0 bridgehead atoms. The van der Waals surface area contributed by atoms with Crippen LogP contribution in [0.3, 0.4) is 0 Å². The van der Waals surface area contributed by atoms with Crippen LogP contribution in [-0.2, 0) is 6.54 Å². The van der Waals surface area contributed by atoms with E-state index in [-0.39, 0.29) is 0 Å². The largest absolute Gasteiger partial charge is 0.405 e. The summed E-state index contributed by atoms with van der Waals surface area (Å²) in [5, 5.41) is 2.74. The number of nitrogens with one attached hydrogen (secondary N) is 2. The molecule has 0 unspecified atom stereocenters. The molecule has 0 heterocycles. The number of hydrazine groups is 1. The minimum atomic E-state index is -4.41. The van der Waals surface area contributed by atoms with Crippen LogP contribution in [0.15, 0.2) is 30.3 Å². The lowest BCUT2D eigenvalue weighted by Gasteiger charge is -2.19. The van der Waals surface area contributed by atoms with Gasteiger partial charge in [-0.1, -0.05) is 30.3 Å². The summed E-state index contributed by atoms with van der Waals surface area (Å²) in [5.74, 6) is 0. The molecule has 0 aromatic heterocycles. The Balaban J connectivity index is 2.32. The van der Waals surface area contributed by atoms with Gasteiger partial charge in [-0.05, 0) is 5.56 Å². The van der Waals surface area contributed by atoms with E-state index in [2.05, 4.69) is 5.43 Å². The van der Waals surface area contributed by atoms with Gasteiger partial charge in [0.2, 0.25) is 0 Å². The van der Waals surface area contributed by atoms with Gasteiger partial charge in [0, 0.05) is 13.6 Å². The van der Waals surface area contributed by atoms with E-state index in [1.807, 2.05) is 30.3 Å². The van der Waals surface area contributed by atoms with Crippen LogP contribution < -0.4 is 10.7 Å². The topological polar surface area (TPSA) is 44.4 Å². The number of benzene rings is 1. The Morgan fingerprint density at radius 1 is 1.28 bits per heavy atom. The first-order chi connectivity index (χ1) is 8.38. The zero-order chi connectivity index (χ0) is 13.6. The second kappa shape index (κ2) is 6.25. The molecule has 0 aliphatic carbocycles. The van der Waals surface area contributed by atoms with E-state index in [0.29, 0.717) is 6.54 Å². The highest BCUT2D eigenvalue weighted by Gasteiger charge is 2.28. The van der Waals surface area contributed by atoms with E-state index in [0.717, 1.165) is 10.6 Å². The fourth-order valence-corrected chi connectivity index (χ4v) is 1.17. The Bertz CT molecular complexity index is 381. The molecule has 4 nitrogen and oxygen atoms in total. The number of alkyl halides is 3. The average Bonchev–Trinajstić information content (AvgIpc) is 2.33. The van der Waals surface area contributed by atoms with Gasteiger partial charge in [0.15, 0.2) is 0 Å². The van der Waals surface area contributed by atoms with Gasteiger partial charge in [-0.25, -0.2) is 10.2 Å². The standard InChI is InChI=1S/C11H14F3N3O/c1-17(10(18)15-8-11(12,13)14)16-7-9-5-3-2-4-6-9/h2-6,16H,7-8H2,1H3,(H,15,18). The molecular formula is C11H14F3N3O. The molecule has 1 rings (SSSR count). The molecule has 1 aromatic rings. The number of carbonyl (C=O) groups is 1. The lowest BCUT2D eigenvalue weighted by Crippen LogP contribution is -2.47. The summed E-state index contributed by atoms with van der Waals surface area (Å²) in [6.45, 7) is -0.986. The summed E-state index contributed by atoms with van der Waals surface area (Å²) in [4.78, 5) is 11.3. The predicted molar refractivity (Wildman–Crippen MR) is 60.5 cm³/mol. The molecule has 18 heavy (non-hydrogen) atoms. The molecule has 0 fully saturated rings. The normalized spacial score (nSPS) is 11.1. The number of halogens is 3. The Morgan fingerprint density at radius 2 is 1.89 bits per heavy atom. The van der Waals surface area contributed by atoms with Gasteiger partial charge < -0.3 is 5.32 Å². The third kappa shape index (κ3) is 5.53. The van der Waals surface area contributed by atoms with Gasteiger partial charge in [-0.2, -0.15) is 13.2 Å². The Hall–Kier alpha value is -1.76. The molecule has 2 amide bonds. The zero-order valence-electron chi connectivity index (χ0n) is 9.79. The first-order valence-corrected chi connectivity index (χ1v) is 5.24. The smallest absolute Gasteiger partial charge is 0.328 e. The minimum Gasteiger partial charge on any atom is -0.328 e. The number of rotatable bonds is 4. The second-order valence-corrected chi connectivity index (χ2v) is 3.65. The maximum atomic E-state index is 11.9. The molecule has 7 heteroatoms. The first-order valence-electron chi connectivity index (χ1n) is 5.24. The summed E-state index contributed by atoms with van der Waals surface area (Å²) in [6, 6.07) is 8.37. The summed E-state index contributed by atoms with van der Waals surface area (Å²) in [6.07, 6.45) is -4.41. The lowest BCUT2D eigenvalue weighted by atomic mass is 10.2. The van der Waals surface area contributed by atoms with E-state index < -0.39 is 18.8 Å². The predicted octanol–water partition coefficient (Wildman–Crippen LogP) is 1.89. The van der Waals surface area contributed by atoms with Crippen molar-refractivity contribution >= 4 is 6.03 Å². The highest BCUT2D eigenvalue weighted by atomic mass is 19.4. The van der Waals surface area contributed by atoms with Crippen LogP contribution in [-0.4, -0.2) is 30.8 Å². The number of hydrogen-bond donors (Lipinski definition) is 2. The van der Waals surface area contributed by atoms with Crippen molar-refractivity contribution in [3.8, 4) is 0 Å². The van der Waals surface area contributed by atoms with Crippen LogP contribution in [0.5, 0.6) is 0 Å². The molecule has 0 radical (unpaired) electrons. The summed E-state index contributed by atoms with van der Waals surface area (Å²) in [5.41, 5.74) is 3.61. The molecule has 100 valence electrons. The Morgan fingerprint density at radius 3 is 2.44 bits per heavy atom. The van der Waals surface area contributed by atoms with Gasteiger partial charge in [0.25, 0.3) is 0 Å². The molecule has 2 N–H and O–H groups in total. The molecule has 0 spiro atoms. The Labute approximate surface area is 103 Å². The second-order valence-electron chi connectivity index (χ2n) is 3.65. The van der Waals surface area contributed by atoms with Gasteiger partial charge in [0.1, 0.15) is 6.54 Å². The molecule has 0 aliphatic heterocycles. The molecular weight excluding hydrogens is 247 g/mol. The Kier molecular flexibility index (Phi) is 4.96. The monoisotopic (exact) mass is 261 g/mol. The summed E-state index contributed by atoms with van der Waals surface area (Å²) in [7, 11) is 1.36. The SMILES string of the molecule is CN(NCc1ccccc1)C(=O)NCC(F)(F)F. The van der Waals surface area contributed by atoms with Crippen LogP contribution in [0.2, 0.25) is 0 Å². The van der Waals surface area contributed by atoms with Crippen molar-refractivity contribution < 1.29 is 18.0 Å². The minimum absolute atomic E-state index is 0.358. The molecule has 0 atom stereocenters. The number of amides is 2.